The molecule has 0 spiro atoms. The molecular formula is C13H12N4O2S. The van der Waals surface area contributed by atoms with Crippen molar-refractivity contribution in [2.24, 2.45) is 0 Å². The Hall–Kier alpha value is -2.41. The molecule has 6 nitrogen and oxygen atoms in total. The molecule has 0 aliphatic carbocycles. The molecule has 20 heavy (non-hydrogen) atoms. The first-order chi connectivity index (χ1) is 9.72. The minimum absolute atomic E-state index is 0.232. The van der Waals surface area contributed by atoms with Crippen LogP contribution in [0.3, 0.4) is 0 Å². The third kappa shape index (κ3) is 1.92. The van der Waals surface area contributed by atoms with E-state index in [2.05, 4.69) is 15.2 Å². The lowest BCUT2D eigenvalue weighted by atomic mass is 10.3. The van der Waals surface area contributed by atoms with Crippen molar-refractivity contribution in [3.8, 4) is 11.4 Å². The molecule has 0 aliphatic heterocycles. The maximum atomic E-state index is 12.5. The normalized spacial score (nSPS) is 10.8. The van der Waals surface area contributed by atoms with Crippen molar-refractivity contribution in [3.05, 3.63) is 45.6 Å². The van der Waals surface area contributed by atoms with Crippen molar-refractivity contribution in [2.75, 3.05) is 6.61 Å². The van der Waals surface area contributed by atoms with Crippen molar-refractivity contribution in [1.82, 2.24) is 19.7 Å². The first kappa shape index (κ1) is 12.6. The maximum Gasteiger partial charge on any atom is 0.270 e. The quantitative estimate of drug-likeness (QED) is 0.724. The van der Waals surface area contributed by atoms with Gasteiger partial charge in [0.25, 0.3) is 5.56 Å². The summed E-state index contributed by atoms with van der Waals surface area (Å²) in [6.45, 7) is 2.40. The highest BCUT2D eigenvalue weighted by atomic mass is 32.1. The van der Waals surface area contributed by atoms with Crippen molar-refractivity contribution in [2.45, 2.75) is 6.92 Å². The summed E-state index contributed by atoms with van der Waals surface area (Å²) < 4.78 is 7.26. The largest absolute Gasteiger partial charge is 0.492 e. The van der Waals surface area contributed by atoms with Gasteiger partial charge in [0.15, 0.2) is 4.77 Å². The van der Waals surface area contributed by atoms with Gasteiger partial charge >= 0.3 is 0 Å². The molecule has 2 N–H and O–H groups in total. The summed E-state index contributed by atoms with van der Waals surface area (Å²) in [5.74, 6) is 0.611. The monoisotopic (exact) mass is 288 g/mol. The Balaban J connectivity index is 2.35. The summed E-state index contributed by atoms with van der Waals surface area (Å²) in [6.07, 6.45) is 1.47. The van der Waals surface area contributed by atoms with Gasteiger partial charge in [-0.25, -0.2) is 4.57 Å². The van der Waals surface area contributed by atoms with E-state index in [0.29, 0.717) is 33.8 Å². The van der Waals surface area contributed by atoms with E-state index in [9.17, 15) is 4.79 Å². The average Bonchev–Trinajstić information content (AvgIpc) is 2.89. The Labute approximate surface area is 119 Å². The molecule has 2 aromatic heterocycles. The van der Waals surface area contributed by atoms with Crippen molar-refractivity contribution < 1.29 is 4.74 Å². The number of ether oxygens (including phenoxy) is 1. The second-order valence-corrected chi connectivity index (χ2v) is 4.52. The van der Waals surface area contributed by atoms with E-state index in [1.807, 2.05) is 19.1 Å². The molecule has 0 bridgehead atoms. The highest BCUT2D eigenvalue weighted by molar-refractivity contribution is 7.71. The van der Waals surface area contributed by atoms with Gasteiger partial charge in [-0.1, -0.05) is 12.1 Å². The van der Waals surface area contributed by atoms with E-state index in [-0.39, 0.29) is 5.56 Å². The molecule has 3 rings (SSSR count). The minimum Gasteiger partial charge on any atom is -0.492 e. The number of hydrogen-bond donors (Lipinski definition) is 2. The zero-order chi connectivity index (χ0) is 14.1. The highest BCUT2D eigenvalue weighted by Gasteiger charge is 2.12. The van der Waals surface area contributed by atoms with E-state index >= 15 is 0 Å². The topological polar surface area (TPSA) is 75.7 Å². The second kappa shape index (κ2) is 4.93. The van der Waals surface area contributed by atoms with Crippen LogP contribution in [0.1, 0.15) is 6.92 Å². The lowest BCUT2D eigenvalue weighted by Gasteiger charge is -2.12. The molecule has 0 saturated carbocycles. The third-order valence-electron chi connectivity index (χ3n) is 2.91. The predicted octanol–water partition coefficient (Wildman–Crippen LogP) is 2.17. The number of aromatic nitrogens is 4. The van der Waals surface area contributed by atoms with Crippen LogP contribution >= 0.6 is 12.2 Å². The van der Waals surface area contributed by atoms with Crippen molar-refractivity contribution in [1.29, 1.82) is 0 Å². The SMILES string of the molecule is CCOc1ccccc1-n1c(=S)[nH]c2[nH]ncc2c1=O. The van der Waals surface area contributed by atoms with Crippen LogP contribution in [0, 0.1) is 4.77 Å². The number of rotatable bonds is 3. The lowest BCUT2D eigenvalue weighted by molar-refractivity contribution is 0.339. The molecule has 3 aromatic rings. The second-order valence-electron chi connectivity index (χ2n) is 4.13. The van der Waals surface area contributed by atoms with Gasteiger partial charge < -0.3 is 9.72 Å². The number of benzene rings is 1. The summed E-state index contributed by atoms with van der Waals surface area (Å²) in [7, 11) is 0. The number of H-pyrrole nitrogens is 2. The molecule has 7 heteroatoms. The Bertz CT molecular complexity index is 878. The fourth-order valence-corrected chi connectivity index (χ4v) is 2.34. The maximum absolute atomic E-state index is 12.5. The molecule has 0 unspecified atom stereocenters. The lowest BCUT2D eigenvalue weighted by Crippen LogP contribution is -2.20. The van der Waals surface area contributed by atoms with Crippen LogP contribution < -0.4 is 10.3 Å². The van der Waals surface area contributed by atoms with Crippen LogP contribution in [0.2, 0.25) is 0 Å². The van der Waals surface area contributed by atoms with Gasteiger partial charge in [-0.3, -0.25) is 9.89 Å². The van der Waals surface area contributed by atoms with E-state index in [1.165, 1.54) is 10.8 Å². The minimum atomic E-state index is -0.232. The Morgan fingerprint density at radius 3 is 3.00 bits per heavy atom. The molecule has 2 heterocycles. The first-order valence-electron chi connectivity index (χ1n) is 6.13. The van der Waals surface area contributed by atoms with Crippen LogP contribution in [0.5, 0.6) is 5.75 Å². The molecule has 0 aliphatic rings. The molecule has 0 radical (unpaired) electrons. The van der Waals surface area contributed by atoms with E-state index < -0.39 is 0 Å². The molecule has 0 fully saturated rings. The Morgan fingerprint density at radius 2 is 2.20 bits per heavy atom. The highest BCUT2D eigenvalue weighted by Crippen LogP contribution is 2.21. The fourth-order valence-electron chi connectivity index (χ4n) is 2.06. The van der Waals surface area contributed by atoms with Crippen LogP contribution in [-0.4, -0.2) is 26.4 Å². The zero-order valence-corrected chi connectivity index (χ0v) is 11.5. The van der Waals surface area contributed by atoms with Crippen LogP contribution in [0.15, 0.2) is 35.3 Å². The molecule has 1 aromatic carbocycles. The molecular weight excluding hydrogens is 276 g/mol. The number of para-hydroxylation sites is 2. The standard InChI is InChI=1S/C13H12N4O2S/c1-2-19-10-6-4-3-5-9(10)17-12(18)8-7-14-16-11(8)15-13(17)20/h3-7H,2H2,1H3,(H2,14,15,16,20). The molecule has 0 atom stereocenters. The van der Waals surface area contributed by atoms with E-state index in [0.717, 1.165) is 0 Å². The van der Waals surface area contributed by atoms with E-state index in [1.54, 1.807) is 12.1 Å². The summed E-state index contributed by atoms with van der Waals surface area (Å²) >= 11 is 5.26. The number of aromatic amines is 2. The molecule has 0 amide bonds. The van der Waals surface area contributed by atoms with Crippen LogP contribution in [0.4, 0.5) is 0 Å². The smallest absolute Gasteiger partial charge is 0.270 e. The number of nitrogens with zero attached hydrogens (tertiary/aromatic N) is 2. The van der Waals surface area contributed by atoms with Crippen LogP contribution in [-0.2, 0) is 0 Å². The molecule has 102 valence electrons. The summed E-state index contributed by atoms with van der Waals surface area (Å²) in [6, 6.07) is 7.28. The van der Waals surface area contributed by atoms with Crippen molar-refractivity contribution >= 4 is 23.3 Å². The van der Waals surface area contributed by atoms with Gasteiger partial charge in [0.1, 0.15) is 16.8 Å². The van der Waals surface area contributed by atoms with Gasteiger partial charge in [0, 0.05) is 0 Å². The number of hydrogen-bond acceptors (Lipinski definition) is 4. The van der Waals surface area contributed by atoms with Gasteiger partial charge in [-0.15, -0.1) is 0 Å². The van der Waals surface area contributed by atoms with Gasteiger partial charge in [-0.05, 0) is 31.3 Å². The predicted molar refractivity (Wildman–Crippen MR) is 78.0 cm³/mol. The van der Waals surface area contributed by atoms with E-state index in [4.69, 9.17) is 17.0 Å². The third-order valence-corrected chi connectivity index (χ3v) is 3.20. The summed E-state index contributed by atoms with van der Waals surface area (Å²) in [5, 5.41) is 7.00. The van der Waals surface area contributed by atoms with Crippen LogP contribution in [0.25, 0.3) is 16.7 Å². The number of fused-ring (bicyclic) bond motifs is 1. The Morgan fingerprint density at radius 1 is 1.40 bits per heavy atom. The van der Waals surface area contributed by atoms with Crippen molar-refractivity contribution in [3.63, 3.8) is 0 Å². The Kier molecular flexibility index (Phi) is 3.11. The molecule has 0 saturated heterocycles. The van der Waals surface area contributed by atoms with Gasteiger partial charge in [0.2, 0.25) is 0 Å². The van der Waals surface area contributed by atoms with Gasteiger partial charge in [0.05, 0.1) is 18.5 Å². The summed E-state index contributed by atoms with van der Waals surface area (Å²) in [4.78, 5) is 15.5. The first-order valence-corrected chi connectivity index (χ1v) is 6.54. The van der Waals surface area contributed by atoms with Gasteiger partial charge in [-0.2, -0.15) is 5.10 Å². The fraction of sp³-hybridized carbons (Fsp3) is 0.154. The average molecular weight is 288 g/mol. The number of nitrogens with one attached hydrogen (secondary N) is 2. The zero-order valence-electron chi connectivity index (χ0n) is 10.7. The summed E-state index contributed by atoms with van der Waals surface area (Å²) in [5.41, 5.74) is 0.901.